The van der Waals surface area contributed by atoms with Crippen LogP contribution in [0.4, 0.5) is 0 Å². The normalized spacial score (nSPS) is 10.7. The lowest BCUT2D eigenvalue weighted by Crippen LogP contribution is -2.07. The zero-order chi connectivity index (χ0) is 9.30. The highest BCUT2D eigenvalue weighted by Gasteiger charge is 2.19. The van der Waals surface area contributed by atoms with Crippen molar-refractivity contribution in [2.45, 2.75) is 20.8 Å². The Morgan fingerprint density at radius 2 is 1.92 bits per heavy atom. The highest BCUT2D eigenvalue weighted by molar-refractivity contribution is 5.95. The molecule has 4 heteroatoms. The molecule has 4 nitrogen and oxygen atoms in total. The Hall–Kier alpha value is -1.32. The molecule has 0 aromatic carbocycles. The third kappa shape index (κ3) is 1.47. The molecule has 1 aromatic heterocycles. The predicted octanol–water partition coefficient (Wildman–Crippen LogP) is 1.38. The third-order valence-electron chi connectivity index (χ3n) is 1.49. The molecule has 0 fully saturated rings. The van der Waals surface area contributed by atoms with Crippen LogP contribution in [0.1, 0.15) is 30.2 Å². The van der Waals surface area contributed by atoms with Gasteiger partial charge in [0.15, 0.2) is 5.76 Å². The van der Waals surface area contributed by atoms with Crippen LogP contribution < -0.4 is 5.82 Å². The Morgan fingerprint density at radius 3 is 2.25 bits per heavy atom. The molecule has 0 amide bonds. The summed E-state index contributed by atoms with van der Waals surface area (Å²) in [5.41, 5.74) is 0. The van der Waals surface area contributed by atoms with Gasteiger partial charge in [0.1, 0.15) is 0 Å². The van der Waals surface area contributed by atoms with E-state index in [0.29, 0.717) is 0 Å². The highest BCUT2D eigenvalue weighted by atomic mass is 16.6. The molecule has 0 saturated heterocycles. The van der Waals surface area contributed by atoms with E-state index >= 15 is 0 Å². The van der Waals surface area contributed by atoms with Crippen LogP contribution in [0.3, 0.4) is 0 Å². The summed E-state index contributed by atoms with van der Waals surface area (Å²) in [6.07, 6.45) is 0. The third-order valence-corrected chi connectivity index (χ3v) is 1.49. The number of carbonyl (C=O) groups excluding carboxylic acids is 1. The maximum atomic E-state index is 11.3. The smallest absolute Gasteiger partial charge is 0.395 e. The van der Waals surface area contributed by atoms with Gasteiger partial charge in [0.2, 0.25) is 11.5 Å². The van der Waals surface area contributed by atoms with E-state index in [1.165, 1.54) is 6.92 Å². The van der Waals surface area contributed by atoms with Crippen LogP contribution in [0.25, 0.3) is 0 Å². The minimum Gasteiger partial charge on any atom is -0.395 e. The van der Waals surface area contributed by atoms with Gasteiger partial charge < -0.3 is 8.83 Å². The van der Waals surface area contributed by atoms with E-state index in [0.717, 1.165) is 0 Å². The summed E-state index contributed by atoms with van der Waals surface area (Å²) in [6, 6.07) is 0. The van der Waals surface area contributed by atoms with E-state index in [2.05, 4.69) is 8.83 Å². The van der Waals surface area contributed by atoms with E-state index in [4.69, 9.17) is 0 Å². The van der Waals surface area contributed by atoms with Gasteiger partial charge in [0, 0.05) is 5.92 Å². The molecule has 0 saturated carbocycles. The van der Waals surface area contributed by atoms with Crippen molar-refractivity contribution in [2.24, 2.45) is 5.92 Å². The molecule has 0 N–H and O–H groups in total. The molecule has 0 spiro atoms. The van der Waals surface area contributed by atoms with Gasteiger partial charge in [0.25, 0.3) is 0 Å². The lowest BCUT2D eigenvalue weighted by molar-refractivity contribution is 0.0908. The van der Waals surface area contributed by atoms with Gasteiger partial charge >= 0.3 is 5.82 Å². The van der Waals surface area contributed by atoms with Gasteiger partial charge in [-0.2, -0.15) is 0 Å². The summed E-state index contributed by atoms with van der Waals surface area (Å²) in [4.78, 5) is 21.8. The van der Waals surface area contributed by atoms with E-state index in [-0.39, 0.29) is 23.2 Å². The number of hydrogen-bond acceptors (Lipinski definition) is 4. The van der Waals surface area contributed by atoms with E-state index in [1.807, 2.05) is 0 Å². The molecule has 0 atom stereocenters. The van der Waals surface area contributed by atoms with Crippen LogP contribution in [0.15, 0.2) is 13.6 Å². The SMILES string of the molecule is Cc1oc(=O)oc1C(=O)C(C)C. The molecule has 1 aromatic rings. The molecule has 0 aliphatic rings. The minimum absolute atomic E-state index is 0.0370. The summed E-state index contributed by atoms with van der Waals surface area (Å²) >= 11 is 0. The average Bonchev–Trinajstić information content (AvgIpc) is 2.28. The Morgan fingerprint density at radius 1 is 1.33 bits per heavy atom. The Balaban J connectivity index is 3.11. The van der Waals surface area contributed by atoms with E-state index in [9.17, 15) is 9.59 Å². The molecule has 0 radical (unpaired) electrons. The lowest BCUT2D eigenvalue weighted by atomic mass is 10.1. The fourth-order valence-corrected chi connectivity index (χ4v) is 0.833. The first-order valence-electron chi connectivity index (χ1n) is 3.67. The molecule has 12 heavy (non-hydrogen) atoms. The summed E-state index contributed by atoms with van der Waals surface area (Å²) in [7, 11) is 0. The average molecular weight is 170 g/mol. The topological polar surface area (TPSA) is 60.4 Å². The zero-order valence-corrected chi connectivity index (χ0v) is 7.21. The van der Waals surface area contributed by atoms with Gasteiger partial charge in [-0.15, -0.1) is 0 Å². The Kier molecular flexibility index (Phi) is 2.17. The molecule has 0 unspecified atom stereocenters. The van der Waals surface area contributed by atoms with Crippen LogP contribution >= 0.6 is 0 Å². The van der Waals surface area contributed by atoms with Crippen molar-refractivity contribution < 1.29 is 13.6 Å². The second kappa shape index (κ2) is 2.97. The number of hydrogen-bond donors (Lipinski definition) is 0. The molecule has 0 aliphatic heterocycles. The molecule has 1 rings (SSSR count). The number of aryl methyl sites for hydroxylation is 1. The fourth-order valence-electron chi connectivity index (χ4n) is 0.833. The van der Waals surface area contributed by atoms with Crippen LogP contribution in [0, 0.1) is 12.8 Å². The van der Waals surface area contributed by atoms with E-state index in [1.54, 1.807) is 13.8 Å². The van der Waals surface area contributed by atoms with Crippen LogP contribution in [0.2, 0.25) is 0 Å². The number of ketones is 1. The van der Waals surface area contributed by atoms with Crippen molar-refractivity contribution in [1.82, 2.24) is 0 Å². The summed E-state index contributed by atoms with van der Waals surface area (Å²) in [6.45, 7) is 4.99. The van der Waals surface area contributed by atoms with E-state index < -0.39 is 5.82 Å². The molecule has 0 bridgehead atoms. The fraction of sp³-hybridized carbons (Fsp3) is 0.500. The maximum Gasteiger partial charge on any atom is 0.519 e. The second-order valence-electron chi connectivity index (χ2n) is 2.86. The van der Waals surface area contributed by atoms with Crippen LogP contribution in [-0.4, -0.2) is 5.78 Å². The maximum absolute atomic E-state index is 11.3. The minimum atomic E-state index is -0.823. The summed E-state index contributed by atoms with van der Waals surface area (Å²) in [5.74, 6) is -0.937. The highest BCUT2D eigenvalue weighted by Crippen LogP contribution is 2.10. The largest absolute Gasteiger partial charge is 0.519 e. The first-order valence-corrected chi connectivity index (χ1v) is 3.67. The van der Waals surface area contributed by atoms with Crippen LogP contribution in [0.5, 0.6) is 0 Å². The van der Waals surface area contributed by atoms with Crippen molar-refractivity contribution in [3.63, 3.8) is 0 Å². The number of rotatable bonds is 2. The molecule has 66 valence electrons. The number of Topliss-reactive ketones (excluding diaryl/α,β-unsaturated/α-hetero) is 1. The predicted molar refractivity (Wildman–Crippen MR) is 41.1 cm³/mol. The lowest BCUT2D eigenvalue weighted by Gasteiger charge is -1.97. The summed E-state index contributed by atoms with van der Waals surface area (Å²) < 4.78 is 9.11. The van der Waals surface area contributed by atoms with Crippen LogP contribution in [-0.2, 0) is 0 Å². The van der Waals surface area contributed by atoms with Gasteiger partial charge in [-0.05, 0) is 6.92 Å². The second-order valence-corrected chi connectivity index (χ2v) is 2.86. The standard InChI is InChI=1S/C8H10O4/c1-4(2)6(9)7-5(3)11-8(10)12-7/h4H,1-3H3. The molecular formula is C8H10O4. The van der Waals surface area contributed by atoms with Gasteiger partial charge in [-0.25, -0.2) is 4.79 Å². The van der Waals surface area contributed by atoms with Crippen molar-refractivity contribution in [2.75, 3.05) is 0 Å². The first-order chi connectivity index (χ1) is 5.52. The Bertz CT molecular complexity index is 342. The first kappa shape index (κ1) is 8.77. The molecular weight excluding hydrogens is 160 g/mol. The quantitative estimate of drug-likeness (QED) is 0.629. The van der Waals surface area contributed by atoms with Crippen molar-refractivity contribution in [3.05, 3.63) is 22.1 Å². The monoisotopic (exact) mass is 170 g/mol. The van der Waals surface area contributed by atoms with Crippen molar-refractivity contribution in [1.29, 1.82) is 0 Å². The van der Waals surface area contributed by atoms with Gasteiger partial charge in [0.05, 0.1) is 0 Å². The van der Waals surface area contributed by atoms with Gasteiger partial charge in [-0.1, -0.05) is 13.8 Å². The number of carbonyl (C=O) groups is 1. The zero-order valence-electron chi connectivity index (χ0n) is 7.21. The van der Waals surface area contributed by atoms with Crippen molar-refractivity contribution in [3.8, 4) is 0 Å². The summed E-state index contributed by atoms with van der Waals surface area (Å²) in [5, 5.41) is 0. The van der Waals surface area contributed by atoms with Crippen molar-refractivity contribution >= 4 is 5.78 Å². The van der Waals surface area contributed by atoms with Gasteiger partial charge in [-0.3, -0.25) is 4.79 Å². The molecule has 1 heterocycles. The molecule has 0 aliphatic carbocycles. The Labute approximate surface area is 69.2 Å².